The van der Waals surface area contributed by atoms with Crippen LogP contribution in [0.4, 0.5) is 38.0 Å². The Labute approximate surface area is 207 Å². The highest BCUT2D eigenvalue weighted by atomic mass is 19.4. The lowest BCUT2D eigenvalue weighted by molar-refractivity contribution is -0.143. The quantitative estimate of drug-likeness (QED) is 0.441. The van der Waals surface area contributed by atoms with Crippen LogP contribution in [0.1, 0.15) is 35.0 Å². The molecule has 1 aromatic carbocycles. The summed E-state index contributed by atoms with van der Waals surface area (Å²) in [5, 5.41) is 9.58. The number of nitrogens with one attached hydrogen (secondary N) is 2. The molecule has 0 aliphatic carbocycles. The van der Waals surface area contributed by atoms with Crippen molar-refractivity contribution in [2.75, 3.05) is 25.0 Å². The van der Waals surface area contributed by atoms with Gasteiger partial charge in [-0.05, 0) is 56.8 Å². The maximum atomic E-state index is 13.2. The first-order valence-electron chi connectivity index (χ1n) is 11.3. The Morgan fingerprint density at radius 1 is 1.03 bits per heavy atom. The molecule has 37 heavy (non-hydrogen) atoms. The van der Waals surface area contributed by atoms with Crippen molar-refractivity contribution in [3.63, 3.8) is 0 Å². The third-order valence-electron chi connectivity index (χ3n) is 5.73. The molecule has 2 aromatic heterocycles. The minimum absolute atomic E-state index is 0.0351. The molecule has 2 N–H and O–H groups in total. The van der Waals surface area contributed by atoms with Crippen molar-refractivity contribution < 1.29 is 31.1 Å². The number of carbonyl (C=O) groups excluding carboxylic acids is 1. The summed E-state index contributed by atoms with van der Waals surface area (Å²) in [7, 11) is 1.57. The van der Waals surface area contributed by atoms with E-state index >= 15 is 0 Å². The van der Waals surface area contributed by atoms with Crippen LogP contribution in [0.15, 0.2) is 36.5 Å². The van der Waals surface area contributed by atoms with Gasteiger partial charge in [0.2, 0.25) is 5.95 Å². The highest BCUT2D eigenvalue weighted by Crippen LogP contribution is 2.38. The normalized spacial score (nSPS) is 15.2. The number of rotatable bonds is 7. The molecule has 1 atom stereocenters. The lowest BCUT2D eigenvalue weighted by Gasteiger charge is -2.33. The number of aryl methyl sites for hydroxylation is 1. The average molecular weight is 527 g/mol. The Kier molecular flexibility index (Phi) is 7.13. The lowest BCUT2D eigenvalue weighted by atomic mass is 10.1. The molecule has 0 bridgehead atoms. The Morgan fingerprint density at radius 3 is 2.24 bits per heavy atom. The number of amides is 1. The SMILES string of the molecule is C[C@@H](CN1CCC1)NC(=O)c1cc(-c2ccnc(Nc3cc(C(F)(F)F)cc(C(F)(F)F)c3)n2)nn1C. The summed E-state index contributed by atoms with van der Waals surface area (Å²) in [5.41, 5.74) is -2.69. The van der Waals surface area contributed by atoms with Gasteiger partial charge in [0, 0.05) is 31.5 Å². The molecule has 1 aliphatic heterocycles. The van der Waals surface area contributed by atoms with E-state index in [4.69, 9.17) is 0 Å². The lowest BCUT2D eigenvalue weighted by Crippen LogP contribution is -2.47. The molecule has 1 amide bonds. The van der Waals surface area contributed by atoms with Crippen molar-refractivity contribution in [1.29, 1.82) is 0 Å². The number of likely N-dealkylation sites (tertiary alicyclic amines) is 1. The molecule has 0 radical (unpaired) electrons. The summed E-state index contributed by atoms with van der Waals surface area (Å²) in [6.07, 6.45) is -7.57. The second-order valence-electron chi connectivity index (χ2n) is 8.75. The van der Waals surface area contributed by atoms with Crippen LogP contribution in [-0.2, 0) is 19.4 Å². The van der Waals surface area contributed by atoms with E-state index in [9.17, 15) is 31.1 Å². The smallest absolute Gasteiger partial charge is 0.347 e. The van der Waals surface area contributed by atoms with Gasteiger partial charge in [-0.1, -0.05) is 0 Å². The zero-order valence-electron chi connectivity index (χ0n) is 19.8. The number of anilines is 2. The molecule has 198 valence electrons. The minimum Gasteiger partial charge on any atom is -0.347 e. The molecule has 0 saturated carbocycles. The Hall–Kier alpha value is -3.68. The molecule has 4 rings (SSSR count). The van der Waals surface area contributed by atoms with Gasteiger partial charge in [0.15, 0.2) is 0 Å². The van der Waals surface area contributed by atoms with Crippen molar-refractivity contribution in [1.82, 2.24) is 30.0 Å². The van der Waals surface area contributed by atoms with Crippen molar-refractivity contribution in [3.05, 3.63) is 53.3 Å². The molecule has 1 aliphatic rings. The van der Waals surface area contributed by atoms with Crippen LogP contribution in [0, 0.1) is 0 Å². The van der Waals surface area contributed by atoms with Crippen LogP contribution in [0.5, 0.6) is 0 Å². The van der Waals surface area contributed by atoms with E-state index in [2.05, 4.69) is 30.6 Å². The number of alkyl halides is 6. The molecular formula is C23H23F6N7O. The maximum absolute atomic E-state index is 13.2. The summed E-state index contributed by atoms with van der Waals surface area (Å²) in [6, 6.07) is 3.97. The standard InChI is InChI=1S/C23H23F6N7O/c1-13(12-36-6-3-7-36)31-20(37)19-11-18(34-35(19)2)17-4-5-30-21(33-17)32-16-9-14(22(24,25)26)8-15(10-16)23(27,28)29/h4-5,8-11,13H,3,6-7,12H2,1-2H3,(H,31,37)(H,30,32,33)/t13-/m0/s1. The second kappa shape index (κ2) is 10.00. The third kappa shape index (κ3) is 6.37. The Balaban J connectivity index is 1.54. The number of halogens is 6. The van der Waals surface area contributed by atoms with Crippen LogP contribution >= 0.6 is 0 Å². The van der Waals surface area contributed by atoms with Crippen molar-refractivity contribution in [2.45, 2.75) is 31.7 Å². The first-order chi connectivity index (χ1) is 17.3. The Bertz CT molecular complexity index is 1250. The fraction of sp³-hybridized carbons (Fsp3) is 0.391. The molecule has 3 heterocycles. The van der Waals surface area contributed by atoms with Crippen LogP contribution < -0.4 is 10.6 Å². The number of nitrogens with zero attached hydrogens (tertiary/aromatic N) is 5. The molecular weight excluding hydrogens is 504 g/mol. The summed E-state index contributed by atoms with van der Waals surface area (Å²) < 4.78 is 80.3. The number of hydrogen-bond donors (Lipinski definition) is 2. The molecule has 14 heteroatoms. The van der Waals surface area contributed by atoms with Gasteiger partial charge in [-0.15, -0.1) is 0 Å². The first kappa shape index (κ1) is 26.4. The molecule has 0 unspecified atom stereocenters. The monoisotopic (exact) mass is 527 g/mol. The van der Waals surface area contributed by atoms with Gasteiger partial charge >= 0.3 is 12.4 Å². The highest BCUT2D eigenvalue weighted by Gasteiger charge is 2.37. The van der Waals surface area contributed by atoms with E-state index in [-0.39, 0.29) is 41.0 Å². The van der Waals surface area contributed by atoms with Gasteiger partial charge in [-0.25, -0.2) is 9.97 Å². The van der Waals surface area contributed by atoms with Crippen molar-refractivity contribution in [2.24, 2.45) is 7.05 Å². The number of benzene rings is 1. The van der Waals surface area contributed by atoms with Gasteiger partial charge in [0.05, 0.1) is 16.8 Å². The summed E-state index contributed by atoms with van der Waals surface area (Å²) >= 11 is 0. The van der Waals surface area contributed by atoms with E-state index in [0.717, 1.165) is 26.1 Å². The van der Waals surface area contributed by atoms with E-state index < -0.39 is 29.2 Å². The first-order valence-corrected chi connectivity index (χ1v) is 11.3. The maximum Gasteiger partial charge on any atom is 0.416 e. The summed E-state index contributed by atoms with van der Waals surface area (Å²) in [6.45, 7) is 4.62. The summed E-state index contributed by atoms with van der Waals surface area (Å²) in [4.78, 5) is 23.0. The molecule has 3 aromatic rings. The zero-order valence-corrected chi connectivity index (χ0v) is 19.8. The largest absolute Gasteiger partial charge is 0.416 e. The van der Waals surface area contributed by atoms with Gasteiger partial charge < -0.3 is 15.5 Å². The van der Waals surface area contributed by atoms with E-state index in [0.29, 0.717) is 12.1 Å². The van der Waals surface area contributed by atoms with Gasteiger partial charge in [-0.2, -0.15) is 31.4 Å². The highest BCUT2D eigenvalue weighted by molar-refractivity contribution is 5.93. The second-order valence-corrected chi connectivity index (χ2v) is 8.75. The fourth-order valence-corrected chi connectivity index (χ4v) is 3.82. The average Bonchev–Trinajstić information content (AvgIpc) is 3.17. The molecule has 1 fully saturated rings. The van der Waals surface area contributed by atoms with Crippen LogP contribution in [-0.4, -0.2) is 56.2 Å². The predicted octanol–water partition coefficient (Wildman–Crippen LogP) is 4.48. The third-order valence-corrected chi connectivity index (χ3v) is 5.73. The number of carbonyl (C=O) groups is 1. The zero-order chi connectivity index (χ0) is 27.0. The van der Waals surface area contributed by atoms with Crippen LogP contribution in [0.25, 0.3) is 11.4 Å². The molecule has 0 spiro atoms. The van der Waals surface area contributed by atoms with Crippen LogP contribution in [0.3, 0.4) is 0 Å². The van der Waals surface area contributed by atoms with Gasteiger partial charge in [0.1, 0.15) is 11.4 Å². The van der Waals surface area contributed by atoms with E-state index in [1.807, 2.05) is 6.92 Å². The predicted molar refractivity (Wildman–Crippen MR) is 122 cm³/mol. The van der Waals surface area contributed by atoms with Gasteiger partial charge in [-0.3, -0.25) is 9.48 Å². The Morgan fingerprint density at radius 2 is 1.68 bits per heavy atom. The minimum atomic E-state index is -4.99. The number of hydrogen-bond acceptors (Lipinski definition) is 6. The van der Waals surface area contributed by atoms with Crippen LogP contribution in [0.2, 0.25) is 0 Å². The molecule has 8 nitrogen and oxygen atoms in total. The molecule has 1 saturated heterocycles. The van der Waals surface area contributed by atoms with Crippen molar-refractivity contribution in [3.8, 4) is 11.4 Å². The van der Waals surface area contributed by atoms with E-state index in [1.54, 1.807) is 7.05 Å². The van der Waals surface area contributed by atoms with E-state index in [1.165, 1.54) is 23.0 Å². The topological polar surface area (TPSA) is 88.0 Å². The van der Waals surface area contributed by atoms with Gasteiger partial charge in [0.25, 0.3) is 5.91 Å². The summed E-state index contributed by atoms with van der Waals surface area (Å²) in [5.74, 6) is -0.588. The van der Waals surface area contributed by atoms with Crippen molar-refractivity contribution >= 4 is 17.5 Å². The number of aromatic nitrogens is 4. The fourth-order valence-electron chi connectivity index (χ4n) is 3.82.